The van der Waals surface area contributed by atoms with Crippen LogP contribution >= 0.6 is 0 Å². The fourth-order valence-electron chi connectivity index (χ4n) is 0.890. The lowest BCUT2D eigenvalue weighted by molar-refractivity contribution is 0.324. The van der Waals surface area contributed by atoms with Crippen LogP contribution in [0.2, 0.25) is 0 Å². The molecule has 0 aliphatic heterocycles. The van der Waals surface area contributed by atoms with E-state index in [4.69, 9.17) is 4.74 Å². The van der Waals surface area contributed by atoms with E-state index in [1.807, 2.05) is 33.8 Å². The second kappa shape index (κ2) is 6.46. The summed E-state index contributed by atoms with van der Waals surface area (Å²) >= 11 is 0. The topological polar surface area (TPSA) is 22.1 Å². The third kappa shape index (κ3) is 3.45. The summed E-state index contributed by atoms with van der Waals surface area (Å²) in [5.41, 5.74) is 2.36. The number of ether oxygens (including phenoxy) is 1. The number of hydrogen-bond acceptors (Lipinski definition) is 2. The van der Waals surface area contributed by atoms with E-state index in [9.17, 15) is 0 Å². The molecule has 0 atom stereocenters. The van der Waals surface area contributed by atoms with Gasteiger partial charge in [0, 0.05) is 11.8 Å². The Kier molecular flexibility index (Phi) is 5.94. The van der Waals surface area contributed by atoms with Crippen molar-refractivity contribution in [2.45, 2.75) is 34.6 Å². The van der Waals surface area contributed by atoms with Crippen LogP contribution in [0.3, 0.4) is 0 Å². The zero-order valence-electron chi connectivity index (χ0n) is 9.22. The van der Waals surface area contributed by atoms with Gasteiger partial charge >= 0.3 is 0 Å². The van der Waals surface area contributed by atoms with Gasteiger partial charge in [0.25, 0.3) is 0 Å². The van der Waals surface area contributed by atoms with Crippen LogP contribution in [-0.2, 0) is 0 Å². The molecule has 1 aromatic heterocycles. The predicted octanol–water partition coefficient (Wildman–Crippen LogP) is 3.12. The molecule has 0 spiro atoms. The molecule has 2 nitrogen and oxygen atoms in total. The Morgan fingerprint density at radius 1 is 1.31 bits per heavy atom. The fourth-order valence-corrected chi connectivity index (χ4v) is 0.890. The number of aryl methyl sites for hydroxylation is 1. The molecule has 0 saturated heterocycles. The summed E-state index contributed by atoms with van der Waals surface area (Å²) in [5.74, 6) is 0.757. The molecule has 0 aliphatic rings. The molecule has 0 aliphatic carbocycles. The van der Waals surface area contributed by atoms with Crippen LogP contribution in [-0.4, -0.2) is 11.6 Å². The average Bonchev–Trinajstić information content (AvgIpc) is 2.17. The summed E-state index contributed by atoms with van der Waals surface area (Å²) in [6.07, 6.45) is 1.77. The molecule has 0 N–H and O–H groups in total. The van der Waals surface area contributed by atoms with Crippen LogP contribution < -0.4 is 4.74 Å². The summed E-state index contributed by atoms with van der Waals surface area (Å²) in [4.78, 5) is 4.11. The lowest BCUT2D eigenvalue weighted by Gasteiger charge is -2.06. The average molecular weight is 181 g/mol. The Bertz CT molecular complexity index is 246. The molecule has 1 aromatic rings. The summed E-state index contributed by atoms with van der Waals surface area (Å²) in [6.45, 7) is 10.7. The molecule has 74 valence electrons. The highest BCUT2D eigenvalue weighted by atomic mass is 16.5. The van der Waals surface area contributed by atoms with Crippen LogP contribution in [0, 0.1) is 13.8 Å². The zero-order chi connectivity index (χ0) is 10.3. The molecule has 0 unspecified atom stereocenters. The van der Waals surface area contributed by atoms with E-state index in [2.05, 4.69) is 11.9 Å². The van der Waals surface area contributed by atoms with Gasteiger partial charge in [-0.2, -0.15) is 0 Å². The van der Waals surface area contributed by atoms with Crippen molar-refractivity contribution in [2.24, 2.45) is 0 Å². The maximum Gasteiger partial charge on any atom is 0.216 e. The van der Waals surface area contributed by atoms with E-state index < -0.39 is 0 Å². The molecule has 0 saturated carbocycles. The van der Waals surface area contributed by atoms with E-state index in [0.717, 1.165) is 11.4 Å². The summed E-state index contributed by atoms with van der Waals surface area (Å²) in [5, 5.41) is 0. The third-order valence-corrected chi connectivity index (χ3v) is 1.71. The minimum absolute atomic E-state index is 0.678. The van der Waals surface area contributed by atoms with E-state index in [1.165, 1.54) is 5.56 Å². The molecular weight excluding hydrogens is 162 g/mol. The molecule has 0 fully saturated rings. The van der Waals surface area contributed by atoms with Gasteiger partial charge in [-0.15, -0.1) is 0 Å². The maximum absolute atomic E-state index is 5.31. The Morgan fingerprint density at radius 3 is 2.46 bits per heavy atom. The van der Waals surface area contributed by atoms with E-state index in [-0.39, 0.29) is 0 Å². The number of nitrogens with zero attached hydrogens (tertiary/aromatic N) is 1. The number of aromatic nitrogens is 1. The maximum atomic E-state index is 5.31. The van der Waals surface area contributed by atoms with Crippen LogP contribution in [0.5, 0.6) is 5.88 Å². The van der Waals surface area contributed by atoms with Crippen molar-refractivity contribution in [1.82, 2.24) is 4.98 Å². The first-order valence-electron chi connectivity index (χ1n) is 4.80. The number of pyridine rings is 1. The lowest BCUT2D eigenvalue weighted by atomic mass is 10.2. The minimum atomic E-state index is 0.678. The highest BCUT2D eigenvalue weighted by Crippen LogP contribution is 2.16. The van der Waals surface area contributed by atoms with Crippen molar-refractivity contribution in [3.8, 4) is 5.88 Å². The quantitative estimate of drug-likeness (QED) is 0.699. The molecule has 13 heavy (non-hydrogen) atoms. The monoisotopic (exact) mass is 181 g/mol. The van der Waals surface area contributed by atoms with Gasteiger partial charge in [-0.1, -0.05) is 13.8 Å². The first-order valence-corrected chi connectivity index (χ1v) is 4.80. The lowest BCUT2D eigenvalue weighted by Crippen LogP contribution is -1.97. The Balaban J connectivity index is 0.000000671. The summed E-state index contributed by atoms with van der Waals surface area (Å²) < 4.78 is 5.31. The van der Waals surface area contributed by atoms with Crippen LogP contribution in [0.4, 0.5) is 0 Å². The highest BCUT2D eigenvalue weighted by Gasteiger charge is 2.00. The van der Waals surface area contributed by atoms with Crippen LogP contribution in [0.25, 0.3) is 0 Å². The zero-order valence-corrected chi connectivity index (χ0v) is 9.22. The van der Waals surface area contributed by atoms with Gasteiger partial charge in [0.05, 0.1) is 6.61 Å². The molecule has 0 amide bonds. The molecule has 2 heteroatoms. The molecule has 0 bridgehead atoms. The summed E-state index contributed by atoms with van der Waals surface area (Å²) in [6, 6.07) is 1.98. The van der Waals surface area contributed by atoms with Crippen molar-refractivity contribution in [3.63, 3.8) is 0 Å². The van der Waals surface area contributed by atoms with Gasteiger partial charge in [-0.25, -0.2) is 4.98 Å². The Hall–Kier alpha value is -1.05. The number of rotatable bonds is 2. The Morgan fingerprint density at radius 2 is 1.92 bits per heavy atom. The molecule has 1 rings (SSSR count). The molecule has 0 radical (unpaired) electrons. The fraction of sp³-hybridized carbons (Fsp3) is 0.545. The van der Waals surface area contributed by atoms with Crippen LogP contribution in [0.15, 0.2) is 12.3 Å². The van der Waals surface area contributed by atoms with Gasteiger partial charge in [0.1, 0.15) is 0 Å². The van der Waals surface area contributed by atoms with Gasteiger partial charge in [-0.3, -0.25) is 0 Å². The Labute approximate surface area is 81.0 Å². The van der Waals surface area contributed by atoms with Crippen molar-refractivity contribution in [1.29, 1.82) is 0 Å². The van der Waals surface area contributed by atoms with Gasteiger partial charge in [-0.05, 0) is 32.4 Å². The van der Waals surface area contributed by atoms with E-state index in [1.54, 1.807) is 6.20 Å². The van der Waals surface area contributed by atoms with Gasteiger partial charge < -0.3 is 4.74 Å². The second-order valence-electron chi connectivity index (χ2n) is 2.49. The summed E-state index contributed by atoms with van der Waals surface area (Å²) in [7, 11) is 0. The third-order valence-electron chi connectivity index (χ3n) is 1.71. The smallest absolute Gasteiger partial charge is 0.216 e. The predicted molar refractivity (Wildman–Crippen MR) is 56.2 cm³/mol. The first kappa shape index (κ1) is 11.9. The van der Waals surface area contributed by atoms with Crippen molar-refractivity contribution >= 4 is 0 Å². The normalized spacial score (nSPS) is 8.69. The SMILES string of the molecule is CC.CCOc1nccc(C)c1C. The minimum Gasteiger partial charge on any atom is -0.478 e. The van der Waals surface area contributed by atoms with Gasteiger partial charge in [0.2, 0.25) is 5.88 Å². The van der Waals surface area contributed by atoms with Gasteiger partial charge in [0.15, 0.2) is 0 Å². The van der Waals surface area contributed by atoms with Crippen LogP contribution in [0.1, 0.15) is 31.9 Å². The van der Waals surface area contributed by atoms with E-state index in [0.29, 0.717) is 6.61 Å². The molecule has 1 heterocycles. The second-order valence-corrected chi connectivity index (χ2v) is 2.49. The van der Waals surface area contributed by atoms with Crippen molar-refractivity contribution in [3.05, 3.63) is 23.4 Å². The standard InChI is InChI=1S/C9H13NO.C2H6/c1-4-11-9-8(3)7(2)5-6-10-9;1-2/h5-6H,4H2,1-3H3;1-2H3. The largest absolute Gasteiger partial charge is 0.478 e. The molecule has 0 aromatic carbocycles. The number of hydrogen-bond donors (Lipinski definition) is 0. The highest BCUT2D eigenvalue weighted by molar-refractivity contribution is 5.31. The van der Waals surface area contributed by atoms with E-state index >= 15 is 0 Å². The van der Waals surface area contributed by atoms with Crippen molar-refractivity contribution in [2.75, 3.05) is 6.61 Å². The molecular formula is C11H19NO. The first-order chi connectivity index (χ1) is 6.25. The van der Waals surface area contributed by atoms with Crippen molar-refractivity contribution < 1.29 is 4.74 Å².